The third-order valence-electron chi connectivity index (χ3n) is 4.41. The summed E-state index contributed by atoms with van der Waals surface area (Å²) >= 11 is 6.94. The van der Waals surface area contributed by atoms with Gasteiger partial charge in [-0.15, -0.1) is 11.3 Å². The molecule has 11 heteroatoms. The summed E-state index contributed by atoms with van der Waals surface area (Å²) in [6.07, 6.45) is -3.73. The second-order valence-electron chi connectivity index (χ2n) is 6.43. The van der Waals surface area contributed by atoms with Crippen molar-refractivity contribution in [3.63, 3.8) is 0 Å². The minimum Gasteiger partial charge on any atom is -0.479 e. The number of hydrogen-bond acceptors (Lipinski definition) is 5. The Morgan fingerprint density at radius 1 is 1.17 bits per heavy atom. The molecule has 0 bridgehead atoms. The van der Waals surface area contributed by atoms with Crippen molar-refractivity contribution < 1.29 is 27.5 Å². The molecule has 0 aliphatic carbocycles. The van der Waals surface area contributed by atoms with Crippen LogP contribution in [0.4, 0.5) is 22.7 Å². The normalized spacial score (nSPS) is 13.7. The van der Waals surface area contributed by atoms with E-state index in [-0.39, 0.29) is 15.8 Å². The number of anilines is 1. The summed E-state index contributed by atoms with van der Waals surface area (Å²) < 4.78 is 54.1. The maximum Gasteiger partial charge on any atom is 0.416 e. The number of benzene rings is 1. The molecule has 1 unspecified atom stereocenters. The van der Waals surface area contributed by atoms with Crippen LogP contribution in [-0.4, -0.2) is 21.0 Å². The number of carbonyl (C=O) groups is 1. The van der Waals surface area contributed by atoms with Gasteiger partial charge in [0.2, 0.25) is 5.54 Å². The maximum absolute atomic E-state index is 14.2. The van der Waals surface area contributed by atoms with Crippen molar-refractivity contribution in [1.29, 1.82) is 0 Å². The third-order valence-corrected chi connectivity index (χ3v) is 5.63. The lowest BCUT2D eigenvalue weighted by atomic mass is 9.85. The van der Waals surface area contributed by atoms with Gasteiger partial charge in [-0.05, 0) is 49.7 Å². The first-order valence-electron chi connectivity index (χ1n) is 8.39. The minimum atomic E-state index is -4.89. The Balaban J connectivity index is 2.32. The molecule has 3 rings (SSSR count). The zero-order valence-electron chi connectivity index (χ0n) is 15.5. The van der Waals surface area contributed by atoms with Gasteiger partial charge in [0.15, 0.2) is 5.13 Å². The Hall–Kier alpha value is -2.72. The fourth-order valence-corrected chi connectivity index (χ4v) is 3.81. The number of pyridine rings is 1. The average Bonchev–Trinajstić information content (AvgIpc) is 2.96. The van der Waals surface area contributed by atoms with Gasteiger partial charge in [-0.25, -0.2) is 14.2 Å². The van der Waals surface area contributed by atoms with Crippen LogP contribution in [0.2, 0.25) is 5.02 Å². The Kier molecular flexibility index (Phi) is 5.74. The predicted molar refractivity (Wildman–Crippen MR) is 104 cm³/mol. The van der Waals surface area contributed by atoms with Crippen LogP contribution in [0.1, 0.15) is 27.4 Å². The van der Waals surface area contributed by atoms with Gasteiger partial charge < -0.3 is 10.4 Å². The summed E-state index contributed by atoms with van der Waals surface area (Å²) in [7, 11) is 0. The standard InChI is InChI=1S/C19H14ClF4N3O2S/c1-9-10(2)30-17(26-9)27-18(16(28)29,15-4-3-13(20)8-25-15)11-5-12(19(22,23)24)7-14(21)6-11/h3-8H,1-2H3,(H,26,27)(H,28,29). The van der Waals surface area contributed by atoms with Gasteiger partial charge in [0.1, 0.15) is 5.82 Å². The molecule has 0 fully saturated rings. The van der Waals surface area contributed by atoms with Gasteiger partial charge in [0.25, 0.3) is 0 Å². The van der Waals surface area contributed by atoms with Crippen LogP contribution in [0.15, 0.2) is 36.5 Å². The third kappa shape index (κ3) is 4.10. The number of thiazole rings is 1. The first kappa shape index (κ1) is 22.0. The summed E-state index contributed by atoms with van der Waals surface area (Å²) in [5.41, 5.74) is -3.76. The van der Waals surface area contributed by atoms with E-state index in [0.29, 0.717) is 17.8 Å². The fraction of sp³-hybridized carbons (Fsp3) is 0.211. The maximum atomic E-state index is 14.2. The molecule has 3 aromatic rings. The van der Waals surface area contributed by atoms with Gasteiger partial charge in [-0.1, -0.05) is 11.6 Å². The number of aryl methyl sites for hydroxylation is 2. The Morgan fingerprint density at radius 3 is 2.33 bits per heavy atom. The number of nitrogens with zero attached hydrogens (tertiary/aromatic N) is 2. The molecule has 0 spiro atoms. The predicted octanol–water partition coefficient (Wildman–Crippen LogP) is 5.41. The van der Waals surface area contributed by atoms with Gasteiger partial charge >= 0.3 is 12.1 Å². The zero-order valence-corrected chi connectivity index (χ0v) is 17.1. The van der Waals surface area contributed by atoms with E-state index in [1.807, 2.05) is 0 Å². The number of carboxylic acid groups (broad SMARTS) is 1. The molecule has 0 saturated carbocycles. The zero-order chi connectivity index (χ0) is 22.3. The summed E-state index contributed by atoms with van der Waals surface area (Å²) in [6, 6.07) is 4.18. The molecule has 0 amide bonds. The lowest BCUT2D eigenvalue weighted by molar-refractivity contribution is -0.142. The highest BCUT2D eigenvalue weighted by Crippen LogP contribution is 2.39. The largest absolute Gasteiger partial charge is 0.479 e. The molecule has 0 saturated heterocycles. The highest BCUT2D eigenvalue weighted by molar-refractivity contribution is 7.15. The monoisotopic (exact) mass is 459 g/mol. The highest BCUT2D eigenvalue weighted by atomic mass is 35.5. The number of nitrogens with one attached hydrogen (secondary N) is 1. The average molecular weight is 460 g/mol. The van der Waals surface area contributed by atoms with Gasteiger partial charge in [-0.3, -0.25) is 4.98 Å². The van der Waals surface area contributed by atoms with Crippen LogP contribution in [0.3, 0.4) is 0 Å². The number of halogens is 5. The summed E-state index contributed by atoms with van der Waals surface area (Å²) in [5.74, 6) is -2.84. The second-order valence-corrected chi connectivity index (χ2v) is 8.07. The van der Waals surface area contributed by atoms with E-state index in [1.165, 1.54) is 12.1 Å². The Bertz CT molecular complexity index is 1080. The lowest BCUT2D eigenvalue weighted by Crippen LogP contribution is -2.45. The summed E-state index contributed by atoms with van der Waals surface area (Å²) in [6.45, 7) is 3.45. The number of hydrogen-bond donors (Lipinski definition) is 2. The van der Waals surface area contributed by atoms with Crippen LogP contribution in [0, 0.1) is 19.7 Å². The van der Waals surface area contributed by atoms with Crippen LogP contribution in [0.25, 0.3) is 0 Å². The molecule has 0 aliphatic heterocycles. The van der Waals surface area contributed by atoms with Crippen molar-refractivity contribution in [3.05, 3.63) is 74.8 Å². The summed E-state index contributed by atoms with van der Waals surface area (Å²) in [5, 5.41) is 13.2. The molecule has 0 radical (unpaired) electrons. The Morgan fingerprint density at radius 2 is 1.83 bits per heavy atom. The smallest absolute Gasteiger partial charge is 0.416 e. The minimum absolute atomic E-state index is 0.127. The number of carboxylic acids is 1. The number of aliphatic carboxylic acids is 1. The van der Waals surface area contributed by atoms with E-state index >= 15 is 0 Å². The molecule has 2 aromatic heterocycles. The van der Waals surface area contributed by atoms with Crippen LogP contribution in [0.5, 0.6) is 0 Å². The van der Waals surface area contributed by atoms with E-state index in [1.54, 1.807) is 13.8 Å². The molecular formula is C19H14ClF4N3O2S. The molecule has 1 aromatic carbocycles. The molecule has 0 aliphatic rings. The van der Waals surface area contributed by atoms with Gasteiger partial charge in [-0.2, -0.15) is 13.2 Å². The summed E-state index contributed by atoms with van der Waals surface area (Å²) in [4.78, 5) is 21.5. The molecule has 1 atom stereocenters. The Labute approximate surface area is 177 Å². The van der Waals surface area contributed by atoms with Gasteiger partial charge in [0.05, 0.1) is 22.0 Å². The van der Waals surface area contributed by atoms with Crippen molar-refractivity contribution in [2.45, 2.75) is 25.6 Å². The van der Waals surface area contributed by atoms with Crippen molar-refractivity contribution in [2.24, 2.45) is 0 Å². The first-order valence-corrected chi connectivity index (χ1v) is 9.59. The van der Waals surface area contributed by atoms with Crippen molar-refractivity contribution in [3.8, 4) is 0 Å². The molecule has 158 valence electrons. The molecule has 2 heterocycles. The number of aromatic nitrogens is 2. The quantitative estimate of drug-likeness (QED) is 0.499. The molecule has 5 nitrogen and oxygen atoms in total. The van der Waals surface area contributed by atoms with E-state index in [2.05, 4.69) is 15.3 Å². The fourth-order valence-electron chi connectivity index (χ4n) is 2.82. The number of alkyl halides is 3. The lowest BCUT2D eigenvalue weighted by Gasteiger charge is -2.31. The van der Waals surface area contributed by atoms with E-state index in [0.717, 1.165) is 28.5 Å². The number of rotatable bonds is 5. The van der Waals surface area contributed by atoms with Crippen molar-refractivity contribution >= 4 is 34.0 Å². The van der Waals surface area contributed by atoms with Crippen molar-refractivity contribution in [1.82, 2.24) is 9.97 Å². The topological polar surface area (TPSA) is 75.1 Å². The molecule has 30 heavy (non-hydrogen) atoms. The van der Waals surface area contributed by atoms with Gasteiger partial charge in [0, 0.05) is 11.1 Å². The van der Waals surface area contributed by atoms with Crippen LogP contribution < -0.4 is 5.32 Å². The molecular weight excluding hydrogens is 446 g/mol. The van der Waals surface area contributed by atoms with E-state index < -0.39 is 34.6 Å². The SMILES string of the molecule is Cc1nc(NC(C(=O)O)(c2cc(F)cc(C(F)(F)F)c2)c2ccc(Cl)cn2)sc1C. The van der Waals surface area contributed by atoms with E-state index in [4.69, 9.17) is 11.6 Å². The van der Waals surface area contributed by atoms with Crippen LogP contribution >= 0.6 is 22.9 Å². The van der Waals surface area contributed by atoms with E-state index in [9.17, 15) is 27.5 Å². The highest BCUT2D eigenvalue weighted by Gasteiger charge is 2.46. The second kappa shape index (κ2) is 7.84. The molecule has 2 N–H and O–H groups in total. The van der Waals surface area contributed by atoms with Crippen molar-refractivity contribution in [2.75, 3.05) is 5.32 Å². The first-order chi connectivity index (χ1) is 13.9. The van der Waals surface area contributed by atoms with Crippen LogP contribution in [-0.2, 0) is 16.5 Å².